The molecule has 0 bridgehead atoms. The largest absolute Gasteiger partial charge is 0.452 e. The molecule has 4 nitrogen and oxygen atoms in total. The number of nitrogens with zero attached hydrogens (tertiary/aromatic N) is 1. The van der Waals surface area contributed by atoms with Crippen LogP contribution in [0.15, 0.2) is 16.7 Å². The molecule has 1 saturated heterocycles. The molecule has 0 aromatic carbocycles. The van der Waals surface area contributed by atoms with Crippen molar-refractivity contribution in [1.29, 1.82) is 0 Å². The van der Waals surface area contributed by atoms with Crippen molar-refractivity contribution in [1.82, 2.24) is 10.2 Å². The van der Waals surface area contributed by atoms with Gasteiger partial charge in [-0.1, -0.05) is 0 Å². The molecule has 2 heterocycles. The number of nitrogens with one attached hydrogen (secondary N) is 1. The molecule has 15 heavy (non-hydrogen) atoms. The Morgan fingerprint density at radius 3 is 3.13 bits per heavy atom. The average molecular weight is 229 g/mol. The first-order chi connectivity index (χ1) is 7.18. The van der Waals surface area contributed by atoms with Crippen LogP contribution < -0.4 is 5.32 Å². The second kappa shape index (κ2) is 4.24. The van der Waals surface area contributed by atoms with E-state index >= 15 is 0 Å². The fourth-order valence-corrected chi connectivity index (χ4v) is 1.93. The Balaban J connectivity index is 2.11. The summed E-state index contributed by atoms with van der Waals surface area (Å²) in [5, 5.41) is 3.45. The van der Waals surface area contributed by atoms with E-state index in [1.807, 2.05) is 0 Å². The molecular formula is C10H13ClN2O2. The first-order valence-electron chi connectivity index (χ1n) is 4.94. The van der Waals surface area contributed by atoms with E-state index in [0.29, 0.717) is 24.7 Å². The predicted molar refractivity (Wildman–Crippen MR) is 57.1 cm³/mol. The van der Waals surface area contributed by atoms with E-state index < -0.39 is 0 Å². The Bertz CT molecular complexity index is 364. The summed E-state index contributed by atoms with van der Waals surface area (Å²) in [7, 11) is 0. The van der Waals surface area contributed by atoms with Crippen LogP contribution in [-0.4, -0.2) is 36.5 Å². The van der Waals surface area contributed by atoms with Crippen LogP contribution >= 0.6 is 11.6 Å². The topological polar surface area (TPSA) is 45.5 Å². The number of carbonyl (C=O) groups excluding carboxylic acids is 1. The zero-order valence-corrected chi connectivity index (χ0v) is 9.25. The highest BCUT2D eigenvalue weighted by Gasteiger charge is 2.24. The number of rotatable bonds is 1. The Morgan fingerprint density at radius 2 is 2.53 bits per heavy atom. The van der Waals surface area contributed by atoms with Gasteiger partial charge < -0.3 is 14.6 Å². The molecule has 2 rings (SSSR count). The fourth-order valence-electron chi connectivity index (χ4n) is 1.73. The summed E-state index contributed by atoms with van der Waals surface area (Å²) in [6.45, 7) is 4.30. The minimum Gasteiger partial charge on any atom is -0.452 e. The first-order valence-corrected chi connectivity index (χ1v) is 5.32. The molecule has 1 aliphatic rings. The molecule has 5 heteroatoms. The Hall–Kier alpha value is -1.00. The lowest BCUT2D eigenvalue weighted by Gasteiger charge is -2.31. The quantitative estimate of drug-likeness (QED) is 0.790. The number of halogens is 1. The number of carbonyl (C=O) groups is 1. The van der Waals surface area contributed by atoms with Crippen LogP contribution in [-0.2, 0) is 0 Å². The summed E-state index contributed by atoms with van der Waals surface area (Å²) in [4.78, 5) is 13.8. The van der Waals surface area contributed by atoms with Gasteiger partial charge in [-0.2, -0.15) is 0 Å². The standard InChI is InChI=1S/C10H13ClN2O2/c1-7-6-13(4-3-12-7)10(14)8-2-5-15-9(8)11/h2,5,7,12H,3-4,6H2,1H3/t7-/m0/s1. The molecule has 1 amide bonds. The van der Waals surface area contributed by atoms with Crippen LogP contribution in [0.5, 0.6) is 0 Å². The SMILES string of the molecule is C[C@H]1CN(C(=O)c2ccoc2Cl)CCN1. The molecule has 1 aromatic heterocycles. The molecule has 0 aliphatic carbocycles. The van der Waals surface area contributed by atoms with Gasteiger partial charge in [0, 0.05) is 25.7 Å². The second-order valence-corrected chi connectivity index (χ2v) is 4.06. The maximum Gasteiger partial charge on any atom is 0.258 e. The van der Waals surface area contributed by atoms with Crippen LogP contribution in [0, 0.1) is 0 Å². The molecule has 0 unspecified atom stereocenters. The van der Waals surface area contributed by atoms with Crippen LogP contribution in [0.2, 0.25) is 5.22 Å². The molecule has 1 atom stereocenters. The first kappa shape index (κ1) is 10.5. The maximum absolute atomic E-state index is 12.0. The molecular weight excluding hydrogens is 216 g/mol. The van der Waals surface area contributed by atoms with Gasteiger partial charge in [0.15, 0.2) is 0 Å². The summed E-state index contributed by atoms with van der Waals surface area (Å²) in [6, 6.07) is 1.94. The summed E-state index contributed by atoms with van der Waals surface area (Å²) in [5.41, 5.74) is 0.450. The Morgan fingerprint density at radius 1 is 1.73 bits per heavy atom. The van der Waals surface area contributed by atoms with E-state index in [1.165, 1.54) is 6.26 Å². The van der Waals surface area contributed by atoms with Gasteiger partial charge in [0.1, 0.15) is 0 Å². The molecule has 1 aromatic rings. The predicted octanol–water partition coefficient (Wildman–Crippen LogP) is 1.37. The van der Waals surface area contributed by atoms with E-state index in [-0.39, 0.29) is 11.1 Å². The smallest absolute Gasteiger partial charge is 0.258 e. The van der Waals surface area contributed by atoms with Gasteiger partial charge in [-0.25, -0.2) is 0 Å². The average Bonchev–Trinajstić information content (AvgIpc) is 2.63. The summed E-state index contributed by atoms with van der Waals surface area (Å²) >= 11 is 5.76. The van der Waals surface area contributed by atoms with Crippen molar-refractivity contribution < 1.29 is 9.21 Å². The van der Waals surface area contributed by atoms with Crippen molar-refractivity contribution in [3.05, 3.63) is 23.1 Å². The number of hydrogen-bond donors (Lipinski definition) is 1. The summed E-state index contributed by atoms with van der Waals surface area (Å²) < 4.78 is 4.91. The minimum atomic E-state index is -0.0536. The van der Waals surface area contributed by atoms with E-state index in [4.69, 9.17) is 16.0 Å². The third kappa shape index (κ3) is 2.16. The van der Waals surface area contributed by atoms with Gasteiger partial charge in [0.2, 0.25) is 5.22 Å². The molecule has 0 saturated carbocycles. The van der Waals surface area contributed by atoms with Crippen molar-refractivity contribution in [3.63, 3.8) is 0 Å². The number of amides is 1. The van der Waals surface area contributed by atoms with E-state index in [2.05, 4.69) is 12.2 Å². The number of furan rings is 1. The summed E-state index contributed by atoms with van der Waals surface area (Å²) in [5.74, 6) is -0.0536. The van der Waals surface area contributed by atoms with Gasteiger partial charge in [-0.15, -0.1) is 0 Å². The molecule has 1 N–H and O–H groups in total. The van der Waals surface area contributed by atoms with Gasteiger partial charge in [0.25, 0.3) is 5.91 Å². The molecule has 0 spiro atoms. The van der Waals surface area contributed by atoms with Gasteiger partial charge in [-0.05, 0) is 24.6 Å². The summed E-state index contributed by atoms with van der Waals surface area (Å²) in [6.07, 6.45) is 1.43. The second-order valence-electron chi connectivity index (χ2n) is 3.71. The maximum atomic E-state index is 12.0. The highest BCUT2D eigenvalue weighted by molar-refractivity contribution is 6.32. The highest BCUT2D eigenvalue weighted by Crippen LogP contribution is 2.19. The van der Waals surface area contributed by atoms with Gasteiger partial charge in [-0.3, -0.25) is 4.79 Å². The van der Waals surface area contributed by atoms with Crippen molar-refractivity contribution in [3.8, 4) is 0 Å². The lowest BCUT2D eigenvalue weighted by molar-refractivity contribution is 0.0708. The number of hydrogen-bond acceptors (Lipinski definition) is 3. The third-order valence-electron chi connectivity index (χ3n) is 2.50. The van der Waals surface area contributed by atoms with Crippen LogP contribution in [0.1, 0.15) is 17.3 Å². The zero-order chi connectivity index (χ0) is 10.8. The Kier molecular flexibility index (Phi) is 2.98. The van der Waals surface area contributed by atoms with Crippen LogP contribution in [0.25, 0.3) is 0 Å². The van der Waals surface area contributed by atoms with E-state index in [9.17, 15) is 4.79 Å². The Labute approximate surface area is 93.2 Å². The monoisotopic (exact) mass is 228 g/mol. The number of piperazine rings is 1. The third-order valence-corrected chi connectivity index (χ3v) is 2.80. The normalized spacial score (nSPS) is 21.7. The minimum absolute atomic E-state index is 0.0536. The zero-order valence-electron chi connectivity index (χ0n) is 8.50. The molecule has 1 aliphatic heterocycles. The van der Waals surface area contributed by atoms with Crippen LogP contribution in [0.3, 0.4) is 0 Å². The van der Waals surface area contributed by atoms with Crippen molar-refractivity contribution in [2.24, 2.45) is 0 Å². The van der Waals surface area contributed by atoms with E-state index in [0.717, 1.165) is 6.54 Å². The lowest BCUT2D eigenvalue weighted by Crippen LogP contribution is -2.51. The van der Waals surface area contributed by atoms with Crippen molar-refractivity contribution in [2.75, 3.05) is 19.6 Å². The van der Waals surface area contributed by atoms with Crippen LogP contribution in [0.4, 0.5) is 0 Å². The highest BCUT2D eigenvalue weighted by atomic mass is 35.5. The fraction of sp³-hybridized carbons (Fsp3) is 0.500. The van der Waals surface area contributed by atoms with Crippen molar-refractivity contribution >= 4 is 17.5 Å². The molecule has 0 radical (unpaired) electrons. The lowest BCUT2D eigenvalue weighted by atomic mass is 10.2. The molecule has 82 valence electrons. The van der Waals surface area contributed by atoms with Gasteiger partial charge >= 0.3 is 0 Å². The van der Waals surface area contributed by atoms with Crippen molar-refractivity contribution in [2.45, 2.75) is 13.0 Å². The van der Waals surface area contributed by atoms with E-state index in [1.54, 1.807) is 11.0 Å². The van der Waals surface area contributed by atoms with Gasteiger partial charge in [0.05, 0.1) is 11.8 Å². The molecule has 1 fully saturated rings.